The van der Waals surface area contributed by atoms with Gasteiger partial charge >= 0.3 is 0 Å². The largest absolute Gasteiger partial charge is 0.467 e. The maximum Gasteiger partial charge on any atom is 0.225 e. The third-order valence-electron chi connectivity index (χ3n) is 2.66. The number of hydrogen-bond donors (Lipinski definition) is 1. The molecule has 0 unspecified atom stereocenters. The molecule has 0 bridgehead atoms. The Bertz CT molecular complexity index is 522. The van der Waals surface area contributed by atoms with Gasteiger partial charge in [0.05, 0.1) is 18.7 Å². The monoisotopic (exact) mass is 247 g/mol. The molecule has 0 saturated heterocycles. The van der Waals surface area contributed by atoms with Crippen LogP contribution in [0.4, 0.5) is 4.39 Å². The van der Waals surface area contributed by atoms with Crippen LogP contribution in [-0.4, -0.2) is 5.91 Å². The quantitative estimate of drug-likeness (QED) is 0.902. The second kappa shape index (κ2) is 5.49. The van der Waals surface area contributed by atoms with Gasteiger partial charge < -0.3 is 9.73 Å². The first-order valence-electron chi connectivity index (χ1n) is 5.73. The van der Waals surface area contributed by atoms with Crippen LogP contribution in [-0.2, 0) is 11.2 Å². The summed E-state index contributed by atoms with van der Waals surface area (Å²) in [6.07, 6.45) is 1.58. The van der Waals surface area contributed by atoms with E-state index in [1.54, 1.807) is 36.6 Å². The zero-order valence-electron chi connectivity index (χ0n) is 10.0. The lowest BCUT2D eigenvalue weighted by Crippen LogP contribution is -2.28. The Morgan fingerprint density at radius 3 is 2.78 bits per heavy atom. The predicted molar refractivity (Wildman–Crippen MR) is 65.4 cm³/mol. The minimum absolute atomic E-state index is 0.0255. The van der Waals surface area contributed by atoms with E-state index in [0.29, 0.717) is 11.3 Å². The van der Waals surface area contributed by atoms with Crippen molar-refractivity contribution in [3.05, 3.63) is 59.8 Å². The Hall–Kier alpha value is -2.10. The first-order valence-corrected chi connectivity index (χ1v) is 5.73. The van der Waals surface area contributed by atoms with E-state index < -0.39 is 0 Å². The van der Waals surface area contributed by atoms with E-state index >= 15 is 0 Å². The van der Waals surface area contributed by atoms with Gasteiger partial charge in [0.15, 0.2) is 0 Å². The molecule has 1 amide bonds. The van der Waals surface area contributed by atoms with Crippen molar-refractivity contribution in [1.82, 2.24) is 5.32 Å². The topological polar surface area (TPSA) is 42.2 Å². The third kappa shape index (κ3) is 2.97. The molecule has 1 heterocycles. The molecule has 0 radical (unpaired) electrons. The number of amides is 1. The molecule has 0 aliphatic heterocycles. The van der Waals surface area contributed by atoms with Crippen molar-refractivity contribution in [2.75, 3.05) is 0 Å². The number of benzene rings is 1. The van der Waals surface area contributed by atoms with Crippen molar-refractivity contribution in [1.29, 1.82) is 0 Å². The minimum Gasteiger partial charge on any atom is -0.467 e. The van der Waals surface area contributed by atoms with Crippen LogP contribution >= 0.6 is 0 Å². The smallest absolute Gasteiger partial charge is 0.225 e. The van der Waals surface area contributed by atoms with Gasteiger partial charge in [-0.1, -0.05) is 18.2 Å². The molecule has 1 N–H and O–H groups in total. The summed E-state index contributed by atoms with van der Waals surface area (Å²) in [5.74, 6) is 0.0826. The van der Waals surface area contributed by atoms with Crippen molar-refractivity contribution in [2.45, 2.75) is 19.4 Å². The van der Waals surface area contributed by atoms with E-state index in [2.05, 4.69) is 5.32 Å². The molecule has 3 nitrogen and oxygen atoms in total. The highest BCUT2D eigenvalue weighted by molar-refractivity contribution is 5.78. The van der Waals surface area contributed by atoms with Crippen molar-refractivity contribution in [2.24, 2.45) is 0 Å². The highest BCUT2D eigenvalue weighted by Crippen LogP contribution is 2.13. The van der Waals surface area contributed by atoms with Gasteiger partial charge in [0.1, 0.15) is 11.6 Å². The SMILES string of the molecule is C[C@@H](NC(=O)Cc1ccccc1F)c1ccco1. The fourth-order valence-electron chi connectivity index (χ4n) is 1.72. The Kier molecular flexibility index (Phi) is 3.77. The summed E-state index contributed by atoms with van der Waals surface area (Å²) in [7, 11) is 0. The summed E-state index contributed by atoms with van der Waals surface area (Å²) in [5.41, 5.74) is 0.390. The molecule has 94 valence electrons. The maximum atomic E-state index is 13.4. The highest BCUT2D eigenvalue weighted by atomic mass is 19.1. The normalized spacial score (nSPS) is 12.1. The van der Waals surface area contributed by atoms with Gasteiger partial charge in [-0.2, -0.15) is 0 Å². The van der Waals surface area contributed by atoms with Gasteiger partial charge in [0, 0.05) is 0 Å². The van der Waals surface area contributed by atoms with Crippen LogP contribution in [0.15, 0.2) is 47.1 Å². The van der Waals surface area contributed by atoms with Gasteiger partial charge in [-0.3, -0.25) is 4.79 Å². The van der Waals surface area contributed by atoms with E-state index in [1.165, 1.54) is 6.07 Å². The molecule has 18 heavy (non-hydrogen) atoms. The molecule has 2 rings (SSSR count). The fraction of sp³-hybridized carbons (Fsp3) is 0.214. The summed E-state index contributed by atoms with van der Waals surface area (Å²) in [6, 6.07) is 9.58. The van der Waals surface area contributed by atoms with Crippen LogP contribution in [0.5, 0.6) is 0 Å². The molecule has 1 atom stereocenters. The van der Waals surface area contributed by atoms with Crippen LogP contribution in [0.2, 0.25) is 0 Å². The first kappa shape index (κ1) is 12.4. The Labute approximate surface area is 105 Å². The summed E-state index contributed by atoms with van der Waals surface area (Å²) < 4.78 is 18.5. The van der Waals surface area contributed by atoms with Crippen LogP contribution < -0.4 is 5.32 Å². The summed E-state index contributed by atoms with van der Waals surface area (Å²) in [5, 5.41) is 2.76. The molecular formula is C14H14FNO2. The Morgan fingerprint density at radius 2 is 2.11 bits per heavy atom. The van der Waals surface area contributed by atoms with Crippen molar-refractivity contribution in [3.63, 3.8) is 0 Å². The number of carbonyl (C=O) groups is 1. The maximum absolute atomic E-state index is 13.4. The van der Waals surface area contributed by atoms with Crippen molar-refractivity contribution < 1.29 is 13.6 Å². The fourth-order valence-corrected chi connectivity index (χ4v) is 1.72. The molecule has 0 aliphatic rings. The summed E-state index contributed by atoms with van der Waals surface area (Å²) >= 11 is 0. The molecule has 0 spiro atoms. The van der Waals surface area contributed by atoms with Crippen LogP contribution in [0.25, 0.3) is 0 Å². The molecule has 1 aromatic heterocycles. The summed E-state index contributed by atoms with van der Waals surface area (Å²) in [6.45, 7) is 1.82. The average Bonchev–Trinajstić information content (AvgIpc) is 2.85. The molecule has 0 saturated carbocycles. The van der Waals surface area contributed by atoms with Gasteiger partial charge in [0.25, 0.3) is 0 Å². The lowest BCUT2D eigenvalue weighted by atomic mass is 10.1. The second-order valence-corrected chi connectivity index (χ2v) is 4.07. The first-order chi connectivity index (χ1) is 8.66. The second-order valence-electron chi connectivity index (χ2n) is 4.07. The van der Waals surface area contributed by atoms with Gasteiger partial charge in [-0.15, -0.1) is 0 Å². The van der Waals surface area contributed by atoms with Gasteiger partial charge in [0.2, 0.25) is 5.91 Å². The van der Waals surface area contributed by atoms with Gasteiger partial charge in [-0.25, -0.2) is 4.39 Å². The number of furan rings is 1. The average molecular weight is 247 g/mol. The molecule has 1 aromatic carbocycles. The number of halogens is 1. The Balaban J connectivity index is 1.95. The lowest BCUT2D eigenvalue weighted by Gasteiger charge is -2.11. The predicted octanol–water partition coefficient (Wildman–Crippen LogP) is 2.84. The zero-order valence-corrected chi connectivity index (χ0v) is 10.0. The molecule has 0 fully saturated rings. The van der Waals surface area contributed by atoms with Crippen molar-refractivity contribution in [3.8, 4) is 0 Å². The van der Waals surface area contributed by atoms with E-state index in [4.69, 9.17) is 4.42 Å². The Morgan fingerprint density at radius 1 is 1.33 bits per heavy atom. The van der Waals surface area contributed by atoms with Crippen LogP contribution in [0.3, 0.4) is 0 Å². The number of rotatable bonds is 4. The molecular weight excluding hydrogens is 233 g/mol. The molecule has 4 heteroatoms. The molecule has 2 aromatic rings. The number of carbonyl (C=O) groups excluding carboxylic acids is 1. The van der Waals surface area contributed by atoms with E-state index in [1.807, 2.05) is 6.92 Å². The highest BCUT2D eigenvalue weighted by Gasteiger charge is 2.13. The number of hydrogen-bond acceptors (Lipinski definition) is 2. The minimum atomic E-state index is -0.363. The van der Waals surface area contributed by atoms with Crippen LogP contribution in [0, 0.1) is 5.82 Å². The van der Waals surface area contributed by atoms with Gasteiger partial charge in [-0.05, 0) is 30.7 Å². The van der Waals surface area contributed by atoms with Crippen LogP contribution in [0.1, 0.15) is 24.3 Å². The number of nitrogens with one attached hydrogen (secondary N) is 1. The zero-order chi connectivity index (χ0) is 13.0. The van der Waals surface area contributed by atoms with E-state index in [9.17, 15) is 9.18 Å². The lowest BCUT2D eigenvalue weighted by molar-refractivity contribution is -0.121. The van der Waals surface area contributed by atoms with E-state index in [-0.39, 0.29) is 24.2 Å². The standard InChI is InChI=1S/C14H14FNO2/c1-10(13-7-4-8-18-13)16-14(17)9-11-5-2-3-6-12(11)15/h2-8,10H,9H2,1H3,(H,16,17)/t10-/m1/s1. The third-order valence-corrected chi connectivity index (χ3v) is 2.66. The summed E-state index contributed by atoms with van der Waals surface area (Å²) in [4.78, 5) is 11.8. The molecule has 0 aliphatic carbocycles. The van der Waals surface area contributed by atoms with Crippen molar-refractivity contribution >= 4 is 5.91 Å². The van der Waals surface area contributed by atoms with E-state index in [0.717, 1.165) is 0 Å².